The number of alkyl halides is 3. The molecular formula is C16H15ClF3N5O. The van der Waals surface area contributed by atoms with Gasteiger partial charge in [0.2, 0.25) is 0 Å². The first-order valence-electron chi connectivity index (χ1n) is 7.72. The van der Waals surface area contributed by atoms with Crippen LogP contribution in [0.3, 0.4) is 0 Å². The van der Waals surface area contributed by atoms with Gasteiger partial charge >= 0.3 is 6.18 Å². The molecule has 1 aliphatic rings. The Hall–Kier alpha value is -2.39. The van der Waals surface area contributed by atoms with E-state index in [9.17, 15) is 13.2 Å². The number of halogens is 4. The summed E-state index contributed by atoms with van der Waals surface area (Å²) in [6.07, 6.45) is -0.595. The molecule has 1 saturated carbocycles. The van der Waals surface area contributed by atoms with Gasteiger partial charge < -0.3 is 10.3 Å². The molecule has 4 rings (SSSR count). The SMILES string of the molecule is Cl.NC1(c2noc(-c3cccc(-n4ccc(C(F)(F)F)n4)c3)n2)CCC1. The Morgan fingerprint density at radius 1 is 1.19 bits per heavy atom. The Bertz CT molecular complexity index is 917. The van der Waals surface area contributed by atoms with Crippen LogP contribution in [0.5, 0.6) is 0 Å². The van der Waals surface area contributed by atoms with Crippen molar-refractivity contribution in [2.75, 3.05) is 0 Å². The van der Waals surface area contributed by atoms with Crippen molar-refractivity contribution >= 4 is 12.4 Å². The standard InChI is InChI=1S/C16H14F3N5O.ClH/c17-16(18,19)12-5-8-24(22-12)11-4-1-3-10(9-11)13-21-14(23-25-13)15(20)6-2-7-15;/h1,3-5,8-9H,2,6-7,20H2;1H. The molecule has 26 heavy (non-hydrogen) atoms. The van der Waals surface area contributed by atoms with E-state index in [1.165, 1.54) is 6.20 Å². The summed E-state index contributed by atoms with van der Waals surface area (Å²) in [5.41, 5.74) is 5.73. The second-order valence-electron chi connectivity index (χ2n) is 6.13. The molecule has 2 N–H and O–H groups in total. The fraction of sp³-hybridized carbons (Fsp3) is 0.312. The van der Waals surface area contributed by atoms with E-state index in [2.05, 4.69) is 15.2 Å². The van der Waals surface area contributed by atoms with Gasteiger partial charge in [-0.3, -0.25) is 0 Å². The lowest BCUT2D eigenvalue weighted by atomic mass is 9.77. The molecule has 6 nitrogen and oxygen atoms in total. The molecule has 0 saturated heterocycles. The summed E-state index contributed by atoms with van der Waals surface area (Å²) in [6.45, 7) is 0. The molecule has 0 amide bonds. The second-order valence-corrected chi connectivity index (χ2v) is 6.13. The zero-order valence-corrected chi connectivity index (χ0v) is 14.2. The van der Waals surface area contributed by atoms with E-state index in [4.69, 9.17) is 10.3 Å². The lowest BCUT2D eigenvalue weighted by Gasteiger charge is -2.34. The third kappa shape index (κ3) is 3.19. The maximum absolute atomic E-state index is 12.7. The van der Waals surface area contributed by atoms with Crippen molar-refractivity contribution in [3.63, 3.8) is 0 Å². The topological polar surface area (TPSA) is 82.8 Å². The van der Waals surface area contributed by atoms with Crippen LogP contribution >= 0.6 is 12.4 Å². The van der Waals surface area contributed by atoms with E-state index >= 15 is 0 Å². The van der Waals surface area contributed by atoms with Crippen molar-refractivity contribution in [3.05, 3.63) is 48.0 Å². The first-order chi connectivity index (χ1) is 11.9. The van der Waals surface area contributed by atoms with Gasteiger partial charge in [0.1, 0.15) is 0 Å². The fourth-order valence-corrected chi connectivity index (χ4v) is 2.72. The average molecular weight is 386 g/mol. The quantitative estimate of drug-likeness (QED) is 0.743. The highest BCUT2D eigenvalue weighted by molar-refractivity contribution is 5.85. The number of aromatic nitrogens is 4. The van der Waals surface area contributed by atoms with Crippen molar-refractivity contribution in [2.45, 2.75) is 31.0 Å². The van der Waals surface area contributed by atoms with Gasteiger partial charge in [0.25, 0.3) is 5.89 Å². The first kappa shape index (κ1) is 18.4. The molecule has 1 fully saturated rings. The van der Waals surface area contributed by atoms with Crippen molar-refractivity contribution in [2.24, 2.45) is 5.73 Å². The lowest BCUT2D eigenvalue weighted by Crippen LogP contribution is -2.44. The van der Waals surface area contributed by atoms with E-state index in [0.29, 0.717) is 17.1 Å². The molecule has 0 bridgehead atoms. The molecule has 0 unspecified atom stereocenters. The molecule has 138 valence electrons. The molecule has 2 heterocycles. The smallest absolute Gasteiger partial charge is 0.334 e. The Morgan fingerprint density at radius 2 is 1.96 bits per heavy atom. The van der Waals surface area contributed by atoms with Crippen molar-refractivity contribution in [1.82, 2.24) is 19.9 Å². The second kappa shape index (κ2) is 6.40. The van der Waals surface area contributed by atoms with E-state index in [-0.39, 0.29) is 18.3 Å². The number of hydrogen-bond acceptors (Lipinski definition) is 5. The van der Waals surface area contributed by atoms with Crippen LogP contribution < -0.4 is 5.73 Å². The first-order valence-corrected chi connectivity index (χ1v) is 7.72. The molecule has 2 aromatic heterocycles. The van der Waals surface area contributed by atoms with Crippen LogP contribution in [-0.4, -0.2) is 19.9 Å². The minimum Gasteiger partial charge on any atom is -0.334 e. The van der Waals surface area contributed by atoms with Gasteiger partial charge in [-0.25, -0.2) is 4.68 Å². The third-order valence-corrected chi connectivity index (χ3v) is 4.35. The van der Waals surface area contributed by atoms with Crippen LogP contribution in [0, 0.1) is 0 Å². The molecule has 3 aromatic rings. The molecule has 0 radical (unpaired) electrons. The molecule has 1 aliphatic carbocycles. The van der Waals surface area contributed by atoms with Gasteiger partial charge in [-0.1, -0.05) is 11.2 Å². The van der Waals surface area contributed by atoms with E-state index < -0.39 is 17.4 Å². The largest absolute Gasteiger partial charge is 0.435 e. The van der Waals surface area contributed by atoms with Crippen molar-refractivity contribution in [3.8, 4) is 17.1 Å². The number of rotatable bonds is 3. The van der Waals surface area contributed by atoms with Gasteiger partial charge in [-0.05, 0) is 43.5 Å². The average Bonchev–Trinajstić information content (AvgIpc) is 3.22. The lowest BCUT2D eigenvalue weighted by molar-refractivity contribution is -0.141. The van der Waals surface area contributed by atoms with Gasteiger partial charge in [-0.15, -0.1) is 12.4 Å². The number of benzene rings is 1. The summed E-state index contributed by atoms with van der Waals surface area (Å²) >= 11 is 0. The van der Waals surface area contributed by atoms with Gasteiger partial charge in [0, 0.05) is 11.8 Å². The number of nitrogens with two attached hydrogens (primary N) is 1. The van der Waals surface area contributed by atoms with Crippen molar-refractivity contribution < 1.29 is 17.7 Å². The molecule has 10 heteroatoms. The van der Waals surface area contributed by atoms with Gasteiger partial charge in [0.15, 0.2) is 11.5 Å². The van der Waals surface area contributed by atoms with Crippen LogP contribution in [0.2, 0.25) is 0 Å². The predicted molar refractivity (Wildman–Crippen MR) is 88.8 cm³/mol. The minimum atomic E-state index is -4.48. The Labute approximate surface area is 152 Å². The molecule has 1 aromatic carbocycles. The van der Waals surface area contributed by atoms with Crippen LogP contribution in [0.25, 0.3) is 17.1 Å². The molecule has 0 aliphatic heterocycles. The third-order valence-electron chi connectivity index (χ3n) is 4.35. The van der Waals surface area contributed by atoms with Gasteiger partial charge in [-0.2, -0.15) is 23.3 Å². The monoisotopic (exact) mass is 385 g/mol. The minimum absolute atomic E-state index is 0. The highest BCUT2D eigenvalue weighted by atomic mass is 35.5. The Kier molecular flexibility index (Phi) is 4.53. The van der Waals surface area contributed by atoms with Crippen LogP contribution in [0.1, 0.15) is 30.8 Å². The predicted octanol–water partition coefficient (Wildman–Crippen LogP) is 3.70. The summed E-state index contributed by atoms with van der Waals surface area (Å²) in [5.74, 6) is 0.731. The highest BCUT2D eigenvalue weighted by Crippen LogP contribution is 2.37. The maximum Gasteiger partial charge on any atom is 0.435 e. The highest BCUT2D eigenvalue weighted by Gasteiger charge is 2.39. The summed E-state index contributed by atoms with van der Waals surface area (Å²) in [6, 6.07) is 7.62. The summed E-state index contributed by atoms with van der Waals surface area (Å²) in [5, 5.41) is 7.50. The zero-order chi connectivity index (χ0) is 17.7. The normalized spacial score (nSPS) is 16.0. The summed E-state index contributed by atoms with van der Waals surface area (Å²) < 4.78 is 44.5. The molecular weight excluding hydrogens is 371 g/mol. The van der Waals surface area contributed by atoms with E-state index in [0.717, 1.165) is 30.0 Å². The van der Waals surface area contributed by atoms with E-state index in [1.54, 1.807) is 24.3 Å². The summed E-state index contributed by atoms with van der Waals surface area (Å²) in [7, 11) is 0. The Morgan fingerprint density at radius 3 is 2.58 bits per heavy atom. The Balaban J connectivity index is 0.00000196. The number of hydrogen-bond donors (Lipinski definition) is 1. The zero-order valence-electron chi connectivity index (χ0n) is 13.4. The van der Waals surface area contributed by atoms with Crippen molar-refractivity contribution in [1.29, 1.82) is 0 Å². The summed E-state index contributed by atoms with van der Waals surface area (Å²) in [4.78, 5) is 4.34. The fourth-order valence-electron chi connectivity index (χ4n) is 2.72. The molecule has 0 spiro atoms. The van der Waals surface area contributed by atoms with E-state index in [1.807, 2.05) is 0 Å². The maximum atomic E-state index is 12.7. The molecule has 0 atom stereocenters. The number of nitrogens with zero attached hydrogens (tertiary/aromatic N) is 4. The van der Waals surface area contributed by atoms with Gasteiger partial charge in [0.05, 0.1) is 11.2 Å². The van der Waals surface area contributed by atoms with Crippen LogP contribution in [0.4, 0.5) is 13.2 Å². The van der Waals surface area contributed by atoms with Crippen LogP contribution in [-0.2, 0) is 11.7 Å². The van der Waals surface area contributed by atoms with Crippen LogP contribution in [0.15, 0.2) is 41.1 Å².